The molecule has 2 heterocycles. The number of aromatic nitrogens is 2. The maximum absolute atomic E-state index is 13.6. The molecule has 0 aliphatic carbocycles. The van der Waals surface area contributed by atoms with Crippen molar-refractivity contribution in [2.45, 2.75) is 38.8 Å². The topological polar surface area (TPSA) is 56.1 Å². The standard InChI is InChI=1S/C17H21F2N3O2/c1-10(2)16(17(23)21-11-3-5-24-6-4-11)22-9-20-14-7-12(18)13(19)8-15(14)22/h7-11,16H,3-6H2,1-2H3,(H,21,23)/t16-/m1/s1. The van der Waals surface area contributed by atoms with Gasteiger partial charge in [-0.2, -0.15) is 0 Å². The number of hydrogen-bond donors (Lipinski definition) is 1. The molecule has 3 rings (SSSR count). The first-order chi connectivity index (χ1) is 11.5. The molecule has 1 saturated heterocycles. The molecule has 2 aromatic rings. The van der Waals surface area contributed by atoms with E-state index in [0.29, 0.717) is 24.2 Å². The molecule has 0 spiro atoms. The maximum atomic E-state index is 13.6. The zero-order valence-electron chi connectivity index (χ0n) is 13.8. The third-order valence-electron chi connectivity index (χ3n) is 4.38. The number of fused-ring (bicyclic) bond motifs is 1. The molecule has 24 heavy (non-hydrogen) atoms. The molecule has 0 bridgehead atoms. The fourth-order valence-corrected chi connectivity index (χ4v) is 3.12. The lowest BCUT2D eigenvalue weighted by atomic mass is 10.0. The largest absolute Gasteiger partial charge is 0.381 e. The van der Waals surface area contributed by atoms with Crippen LogP contribution in [0.15, 0.2) is 18.5 Å². The van der Waals surface area contributed by atoms with Crippen molar-refractivity contribution in [3.05, 3.63) is 30.1 Å². The van der Waals surface area contributed by atoms with Crippen molar-refractivity contribution < 1.29 is 18.3 Å². The van der Waals surface area contributed by atoms with Gasteiger partial charge >= 0.3 is 0 Å². The smallest absolute Gasteiger partial charge is 0.243 e. The molecule has 130 valence electrons. The van der Waals surface area contributed by atoms with E-state index in [1.54, 1.807) is 4.57 Å². The summed E-state index contributed by atoms with van der Waals surface area (Å²) in [6, 6.07) is 1.68. The van der Waals surface area contributed by atoms with Gasteiger partial charge in [-0.15, -0.1) is 0 Å². The van der Waals surface area contributed by atoms with Crippen LogP contribution in [0, 0.1) is 17.6 Å². The average molecular weight is 337 g/mol. The van der Waals surface area contributed by atoms with Gasteiger partial charge in [-0.25, -0.2) is 13.8 Å². The molecule has 1 aliphatic rings. The van der Waals surface area contributed by atoms with Crippen molar-refractivity contribution in [3.63, 3.8) is 0 Å². The van der Waals surface area contributed by atoms with Crippen LogP contribution < -0.4 is 5.32 Å². The minimum Gasteiger partial charge on any atom is -0.381 e. The second-order valence-electron chi connectivity index (χ2n) is 6.49. The molecular weight excluding hydrogens is 316 g/mol. The Morgan fingerprint density at radius 3 is 2.62 bits per heavy atom. The van der Waals surface area contributed by atoms with E-state index in [4.69, 9.17) is 4.74 Å². The van der Waals surface area contributed by atoms with Crippen molar-refractivity contribution in [3.8, 4) is 0 Å². The fraction of sp³-hybridized carbons (Fsp3) is 0.529. The number of amides is 1. The lowest BCUT2D eigenvalue weighted by Gasteiger charge is -2.28. The molecule has 1 atom stereocenters. The number of carbonyl (C=O) groups is 1. The number of hydrogen-bond acceptors (Lipinski definition) is 3. The molecule has 1 amide bonds. The van der Waals surface area contributed by atoms with Gasteiger partial charge in [0.15, 0.2) is 11.6 Å². The Hall–Kier alpha value is -2.02. The van der Waals surface area contributed by atoms with Crippen molar-refractivity contribution in [2.75, 3.05) is 13.2 Å². The molecule has 7 heteroatoms. The molecule has 5 nitrogen and oxygen atoms in total. The monoisotopic (exact) mass is 337 g/mol. The molecule has 1 N–H and O–H groups in total. The summed E-state index contributed by atoms with van der Waals surface area (Å²) in [6.07, 6.45) is 3.03. The Bertz CT molecular complexity index is 739. The Morgan fingerprint density at radius 2 is 1.96 bits per heavy atom. The number of imidazole rings is 1. The highest BCUT2D eigenvalue weighted by Gasteiger charge is 2.28. The minimum atomic E-state index is -0.948. The van der Waals surface area contributed by atoms with Gasteiger partial charge in [0.25, 0.3) is 0 Å². The van der Waals surface area contributed by atoms with Crippen LogP contribution >= 0.6 is 0 Å². The molecule has 1 aromatic carbocycles. The molecule has 0 saturated carbocycles. The van der Waals surface area contributed by atoms with Crippen LogP contribution in [-0.2, 0) is 9.53 Å². The Labute approximate surface area is 139 Å². The predicted molar refractivity (Wildman–Crippen MR) is 85.5 cm³/mol. The van der Waals surface area contributed by atoms with Crippen molar-refractivity contribution in [2.24, 2.45) is 5.92 Å². The normalized spacial score (nSPS) is 17.4. The van der Waals surface area contributed by atoms with E-state index in [0.717, 1.165) is 25.0 Å². The van der Waals surface area contributed by atoms with Crippen LogP contribution in [0.1, 0.15) is 32.7 Å². The van der Waals surface area contributed by atoms with E-state index in [1.165, 1.54) is 6.33 Å². The molecule has 0 unspecified atom stereocenters. The zero-order chi connectivity index (χ0) is 17.3. The van der Waals surface area contributed by atoms with E-state index in [-0.39, 0.29) is 17.9 Å². The predicted octanol–water partition coefficient (Wildman–Crippen LogP) is 2.81. The highest BCUT2D eigenvalue weighted by Crippen LogP contribution is 2.26. The van der Waals surface area contributed by atoms with Crippen molar-refractivity contribution in [1.29, 1.82) is 0 Å². The van der Waals surface area contributed by atoms with E-state index in [1.807, 2.05) is 13.8 Å². The van der Waals surface area contributed by atoms with E-state index in [9.17, 15) is 13.6 Å². The average Bonchev–Trinajstić information content (AvgIpc) is 2.91. The molecule has 0 radical (unpaired) electrons. The van der Waals surface area contributed by atoms with Crippen LogP contribution in [0.3, 0.4) is 0 Å². The first kappa shape index (κ1) is 16.8. The van der Waals surface area contributed by atoms with Gasteiger partial charge in [0, 0.05) is 31.4 Å². The quantitative estimate of drug-likeness (QED) is 0.933. The molecule has 1 aromatic heterocycles. The number of carbonyl (C=O) groups excluding carboxylic acids is 1. The minimum absolute atomic E-state index is 0.0321. The third-order valence-corrected chi connectivity index (χ3v) is 4.38. The Morgan fingerprint density at radius 1 is 1.29 bits per heavy atom. The van der Waals surface area contributed by atoms with Crippen molar-refractivity contribution in [1.82, 2.24) is 14.9 Å². The maximum Gasteiger partial charge on any atom is 0.243 e. The van der Waals surface area contributed by atoms with Crippen LogP contribution in [0.4, 0.5) is 8.78 Å². The first-order valence-corrected chi connectivity index (χ1v) is 8.17. The zero-order valence-corrected chi connectivity index (χ0v) is 13.8. The first-order valence-electron chi connectivity index (χ1n) is 8.17. The summed E-state index contributed by atoms with van der Waals surface area (Å²) in [5.74, 6) is -2.06. The summed E-state index contributed by atoms with van der Waals surface area (Å²) < 4.78 is 33.9. The van der Waals surface area contributed by atoms with Crippen LogP contribution in [-0.4, -0.2) is 34.7 Å². The second kappa shape index (κ2) is 6.84. The number of ether oxygens (including phenoxy) is 1. The summed E-state index contributed by atoms with van der Waals surface area (Å²) in [6.45, 7) is 5.10. The van der Waals surface area contributed by atoms with Gasteiger partial charge in [0.05, 0.1) is 17.4 Å². The lowest BCUT2D eigenvalue weighted by Crippen LogP contribution is -2.43. The van der Waals surface area contributed by atoms with Gasteiger partial charge in [-0.3, -0.25) is 4.79 Å². The van der Waals surface area contributed by atoms with E-state index < -0.39 is 17.7 Å². The summed E-state index contributed by atoms with van der Waals surface area (Å²) in [7, 11) is 0. The van der Waals surface area contributed by atoms with Crippen LogP contribution in [0.2, 0.25) is 0 Å². The second-order valence-corrected chi connectivity index (χ2v) is 6.49. The molecule has 1 fully saturated rings. The summed E-state index contributed by atoms with van der Waals surface area (Å²) in [5.41, 5.74) is 0.744. The number of halogens is 2. The van der Waals surface area contributed by atoms with Crippen LogP contribution in [0.25, 0.3) is 11.0 Å². The summed E-state index contributed by atoms with van der Waals surface area (Å²) >= 11 is 0. The third kappa shape index (κ3) is 3.26. The highest BCUT2D eigenvalue weighted by molar-refractivity contribution is 5.84. The number of benzene rings is 1. The van der Waals surface area contributed by atoms with E-state index in [2.05, 4.69) is 10.3 Å². The Balaban J connectivity index is 1.90. The van der Waals surface area contributed by atoms with Gasteiger partial charge in [-0.05, 0) is 18.8 Å². The summed E-state index contributed by atoms with van der Waals surface area (Å²) in [5, 5.41) is 3.04. The lowest BCUT2D eigenvalue weighted by molar-refractivity contribution is -0.126. The van der Waals surface area contributed by atoms with Gasteiger partial charge in [0.2, 0.25) is 5.91 Å². The van der Waals surface area contributed by atoms with Gasteiger partial charge in [0.1, 0.15) is 6.04 Å². The summed E-state index contributed by atoms with van der Waals surface area (Å²) in [4.78, 5) is 16.9. The van der Waals surface area contributed by atoms with Gasteiger partial charge < -0.3 is 14.6 Å². The SMILES string of the molecule is CC(C)[C@H](C(=O)NC1CCOCC1)n1cnc2cc(F)c(F)cc21. The van der Waals surface area contributed by atoms with Gasteiger partial charge in [-0.1, -0.05) is 13.8 Å². The highest BCUT2D eigenvalue weighted by atomic mass is 19.2. The van der Waals surface area contributed by atoms with E-state index >= 15 is 0 Å². The fourth-order valence-electron chi connectivity index (χ4n) is 3.12. The molecular formula is C17H21F2N3O2. The number of nitrogens with zero attached hydrogens (tertiary/aromatic N) is 2. The number of nitrogens with one attached hydrogen (secondary N) is 1. The Kier molecular flexibility index (Phi) is 4.80. The van der Waals surface area contributed by atoms with Crippen molar-refractivity contribution >= 4 is 16.9 Å². The molecule has 1 aliphatic heterocycles. The number of rotatable bonds is 4. The van der Waals surface area contributed by atoms with Crippen LogP contribution in [0.5, 0.6) is 0 Å².